The second kappa shape index (κ2) is 7.68. The van der Waals surface area contributed by atoms with Gasteiger partial charge in [-0.3, -0.25) is 0 Å². The largest absolute Gasteiger partial charge is 0.508 e. The maximum absolute atomic E-state index is 12.2. The minimum atomic E-state index is -0.0384. The Hall–Kier alpha value is -2.05. The lowest BCUT2D eigenvalue weighted by molar-refractivity contribution is 0.202. The van der Waals surface area contributed by atoms with Crippen molar-refractivity contribution < 1.29 is 9.90 Å². The highest BCUT2D eigenvalue weighted by atomic mass is 32.1. The monoisotopic (exact) mass is 345 g/mol. The number of fused-ring (bicyclic) bond motifs is 1. The number of rotatable bonds is 5. The zero-order chi connectivity index (χ0) is 16.9. The highest BCUT2D eigenvalue weighted by Crippen LogP contribution is 2.21. The molecule has 2 aromatic rings. The molecule has 24 heavy (non-hydrogen) atoms. The number of phenolic OH excluding ortho intramolecular Hbond substituents is 1. The molecule has 1 aliphatic rings. The maximum Gasteiger partial charge on any atom is 0.317 e. The molecule has 0 fully saturated rings. The van der Waals surface area contributed by atoms with Crippen LogP contribution in [-0.4, -0.2) is 42.2 Å². The highest BCUT2D eigenvalue weighted by molar-refractivity contribution is 7.07. The molecule has 0 unspecified atom stereocenters. The number of nitrogens with one attached hydrogen (secondary N) is 2. The summed E-state index contributed by atoms with van der Waals surface area (Å²) in [7, 11) is 1.83. The van der Waals surface area contributed by atoms with Gasteiger partial charge < -0.3 is 20.6 Å². The van der Waals surface area contributed by atoms with Gasteiger partial charge in [-0.2, -0.15) is 11.3 Å². The van der Waals surface area contributed by atoms with Crippen molar-refractivity contribution in [3.05, 3.63) is 51.7 Å². The van der Waals surface area contributed by atoms with E-state index in [1.807, 2.05) is 13.1 Å². The van der Waals surface area contributed by atoms with Crippen LogP contribution in [0.2, 0.25) is 0 Å². The number of carbonyl (C=O) groups excluding carboxylic acids is 1. The van der Waals surface area contributed by atoms with Gasteiger partial charge in [-0.1, -0.05) is 6.07 Å². The van der Waals surface area contributed by atoms with Crippen molar-refractivity contribution in [1.29, 1.82) is 0 Å². The number of hydrogen-bond donors (Lipinski definition) is 3. The fourth-order valence-corrected chi connectivity index (χ4v) is 3.70. The van der Waals surface area contributed by atoms with Gasteiger partial charge in [0.15, 0.2) is 0 Å². The van der Waals surface area contributed by atoms with Gasteiger partial charge in [0.25, 0.3) is 0 Å². The Morgan fingerprint density at radius 2 is 2.29 bits per heavy atom. The molecule has 6 heteroatoms. The Labute approximate surface area is 146 Å². The Morgan fingerprint density at radius 3 is 3.08 bits per heavy atom. The lowest BCUT2D eigenvalue weighted by Gasteiger charge is -2.30. The molecule has 3 N–H and O–H groups in total. The molecule has 0 spiro atoms. The van der Waals surface area contributed by atoms with Gasteiger partial charge in [0.2, 0.25) is 0 Å². The summed E-state index contributed by atoms with van der Waals surface area (Å²) in [4.78, 5) is 13.9. The molecule has 3 rings (SSSR count). The molecule has 1 atom stereocenters. The molecule has 1 aliphatic heterocycles. The van der Waals surface area contributed by atoms with E-state index in [9.17, 15) is 9.90 Å². The van der Waals surface area contributed by atoms with Gasteiger partial charge in [0.05, 0.1) is 0 Å². The van der Waals surface area contributed by atoms with Crippen molar-refractivity contribution in [3.8, 4) is 5.75 Å². The van der Waals surface area contributed by atoms with E-state index in [4.69, 9.17) is 0 Å². The van der Waals surface area contributed by atoms with Crippen molar-refractivity contribution in [3.63, 3.8) is 0 Å². The first-order valence-electron chi connectivity index (χ1n) is 8.16. The third kappa shape index (κ3) is 4.27. The van der Waals surface area contributed by atoms with Crippen LogP contribution in [0.15, 0.2) is 35.0 Å². The lowest BCUT2D eigenvalue weighted by Crippen LogP contribution is -2.48. The number of urea groups is 1. The van der Waals surface area contributed by atoms with Gasteiger partial charge in [0.1, 0.15) is 5.75 Å². The summed E-state index contributed by atoms with van der Waals surface area (Å²) in [6.07, 6.45) is 1.73. The third-order valence-corrected chi connectivity index (χ3v) is 5.08. The van der Waals surface area contributed by atoms with Crippen molar-refractivity contribution in [2.75, 3.05) is 20.1 Å². The van der Waals surface area contributed by atoms with Crippen molar-refractivity contribution in [2.24, 2.45) is 0 Å². The van der Waals surface area contributed by atoms with E-state index >= 15 is 0 Å². The van der Waals surface area contributed by atoms with Crippen LogP contribution >= 0.6 is 11.3 Å². The Balaban J connectivity index is 1.45. The van der Waals surface area contributed by atoms with Crippen LogP contribution < -0.4 is 10.6 Å². The number of amides is 2. The van der Waals surface area contributed by atoms with E-state index < -0.39 is 0 Å². The van der Waals surface area contributed by atoms with E-state index in [1.54, 1.807) is 28.4 Å². The van der Waals surface area contributed by atoms with Crippen LogP contribution in [0.5, 0.6) is 5.75 Å². The molecule has 1 aromatic carbocycles. The van der Waals surface area contributed by atoms with Crippen LogP contribution in [0.3, 0.4) is 0 Å². The lowest BCUT2D eigenvalue weighted by atomic mass is 9.95. The van der Waals surface area contributed by atoms with Gasteiger partial charge in [-0.05, 0) is 58.5 Å². The number of nitrogens with zero attached hydrogens (tertiary/aromatic N) is 1. The summed E-state index contributed by atoms with van der Waals surface area (Å²) < 4.78 is 0. The number of aromatic hydroxyl groups is 1. The Bertz CT molecular complexity index is 688. The first kappa shape index (κ1) is 16.8. The fraction of sp³-hybridized carbons (Fsp3) is 0.389. The van der Waals surface area contributed by atoms with Crippen LogP contribution in [0.4, 0.5) is 4.79 Å². The van der Waals surface area contributed by atoms with Crippen molar-refractivity contribution in [1.82, 2.24) is 15.5 Å². The number of hydrogen-bond acceptors (Lipinski definition) is 4. The van der Waals surface area contributed by atoms with Crippen molar-refractivity contribution >= 4 is 17.4 Å². The van der Waals surface area contributed by atoms with E-state index in [2.05, 4.69) is 27.5 Å². The second-order valence-corrected chi connectivity index (χ2v) is 7.01. The molecule has 0 bridgehead atoms. The first-order chi connectivity index (χ1) is 11.6. The Morgan fingerprint density at radius 1 is 1.42 bits per heavy atom. The van der Waals surface area contributed by atoms with Crippen LogP contribution in [0.1, 0.15) is 16.7 Å². The molecule has 2 heterocycles. The zero-order valence-electron chi connectivity index (χ0n) is 13.8. The summed E-state index contributed by atoms with van der Waals surface area (Å²) in [5.74, 6) is 0.302. The summed E-state index contributed by atoms with van der Waals surface area (Å²) >= 11 is 1.68. The summed E-state index contributed by atoms with van der Waals surface area (Å²) in [5, 5.41) is 20.1. The zero-order valence-corrected chi connectivity index (χ0v) is 14.6. The number of likely N-dealkylation sites (N-methyl/N-ethyl adjacent to an activating group) is 1. The van der Waals surface area contributed by atoms with E-state index in [-0.39, 0.29) is 12.1 Å². The molecular formula is C18H23N3O2S. The topological polar surface area (TPSA) is 64.6 Å². The predicted molar refractivity (Wildman–Crippen MR) is 96.5 cm³/mol. The average molecular weight is 345 g/mol. The number of carbonyl (C=O) groups is 1. The fourth-order valence-electron chi connectivity index (χ4n) is 2.99. The Kier molecular flexibility index (Phi) is 5.37. The normalized spacial score (nSPS) is 16.5. The smallest absolute Gasteiger partial charge is 0.317 e. The molecule has 0 aliphatic carbocycles. The summed E-state index contributed by atoms with van der Waals surface area (Å²) in [6.45, 7) is 2.03. The molecule has 5 nitrogen and oxygen atoms in total. The molecule has 1 aromatic heterocycles. The van der Waals surface area contributed by atoms with Crippen LogP contribution in [0.25, 0.3) is 0 Å². The summed E-state index contributed by atoms with van der Waals surface area (Å²) in [6, 6.07) is 7.78. The maximum atomic E-state index is 12.2. The third-order valence-electron chi connectivity index (χ3n) is 4.35. The number of benzene rings is 1. The standard InChI is InChI=1S/C18H23N3O2S/c1-21(18(23)19-6-4-13-5-7-24-12-13)11-16-8-14-2-3-17(22)9-15(14)10-20-16/h2-3,5,7,9,12,16,20,22H,4,6,8,10-11H2,1H3,(H,19,23)/t16-/m0/s1. The SMILES string of the molecule is CN(C[C@@H]1Cc2ccc(O)cc2CN1)C(=O)NCCc1ccsc1. The van der Waals surface area contributed by atoms with Gasteiger partial charge in [-0.25, -0.2) is 4.79 Å². The average Bonchev–Trinajstić information content (AvgIpc) is 3.08. The molecule has 0 radical (unpaired) electrons. The molecule has 2 amide bonds. The predicted octanol–water partition coefficient (Wildman–Crippen LogP) is 2.35. The van der Waals surface area contributed by atoms with Gasteiger partial charge >= 0.3 is 6.03 Å². The number of phenols is 1. The van der Waals surface area contributed by atoms with Crippen molar-refractivity contribution in [2.45, 2.75) is 25.4 Å². The molecule has 0 saturated heterocycles. The molecular weight excluding hydrogens is 322 g/mol. The van der Waals surface area contributed by atoms with Crippen LogP contribution in [0, 0.1) is 0 Å². The van der Waals surface area contributed by atoms with E-state index in [1.165, 1.54) is 11.1 Å². The number of thiophene rings is 1. The highest BCUT2D eigenvalue weighted by Gasteiger charge is 2.21. The van der Waals surface area contributed by atoms with Gasteiger partial charge in [0, 0.05) is 32.7 Å². The summed E-state index contributed by atoms with van der Waals surface area (Å²) in [5.41, 5.74) is 3.63. The second-order valence-electron chi connectivity index (χ2n) is 6.23. The quantitative estimate of drug-likeness (QED) is 0.779. The van der Waals surface area contributed by atoms with E-state index in [0.29, 0.717) is 18.8 Å². The van der Waals surface area contributed by atoms with Gasteiger partial charge in [-0.15, -0.1) is 0 Å². The first-order valence-corrected chi connectivity index (χ1v) is 9.10. The minimum Gasteiger partial charge on any atom is -0.508 e. The molecule has 128 valence electrons. The molecule has 0 saturated carbocycles. The van der Waals surface area contributed by atoms with Crippen LogP contribution in [-0.2, 0) is 19.4 Å². The van der Waals surface area contributed by atoms with E-state index in [0.717, 1.165) is 24.9 Å². The minimum absolute atomic E-state index is 0.0384.